The van der Waals surface area contributed by atoms with Crippen LogP contribution in [0.2, 0.25) is 0 Å². The van der Waals surface area contributed by atoms with Crippen LogP contribution in [0.3, 0.4) is 0 Å². The second kappa shape index (κ2) is 6.65. The van der Waals surface area contributed by atoms with Crippen molar-refractivity contribution in [3.8, 4) is 0 Å². The monoisotopic (exact) mass is 297 g/mol. The van der Waals surface area contributed by atoms with Crippen LogP contribution < -0.4 is 0 Å². The third-order valence-electron chi connectivity index (χ3n) is 3.96. The number of ether oxygens (including phenoxy) is 1. The van der Waals surface area contributed by atoms with Crippen LogP contribution in [0, 0.1) is 23.5 Å². The van der Waals surface area contributed by atoms with Gasteiger partial charge in [-0.15, -0.1) is 0 Å². The van der Waals surface area contributed by atoms with E-state index in [1.54, 1.807) is 0 Å². The van der Waals surface area contributed by atoms with Gasteiger partial charge in [0.2, 0.25) is 0 Å². The lowest BCUT2D eigenvalue weighted by Gasteiger charge is -2.27. The third-order valence-corrected chi connectivity index (χ3v) is 3.96. The summed E-state index contributed by atoms with van der Waals surface area (Å²) in [7, 11) is 1.34. The van der Waals surface area contributed by atoms with Gasteiger partial charge in [-0.2, -0.15) is 0 Å². The van der Waals surface area contributed by atoms with Gasteiger partial charge in [0.25, 0.3) is 0 Å². The molecule has 0 aromatic heterocycles. The molecule has 0 radical (unpaired) electrons. The molecular weight excluding hydrogens is 280 g/mol. The van der Waals surface area contributed by atoms with Crippen LogP contribution in [0.25, 0.3) is 0 Å². The van der Waals surface area contributed by atoms with E-state index in [2.05, 4.69) is 5.16 Å². The minimum Gasteiger partial charge on any atom is -0.469 e. The maximum absolute atomic E-state index is 13.8. The Bertz CT molecular complexity index is 552. The molecule has 0 heterocycles. The molecule has 1 N–H and O–H groups in total. The summed E-state index contributed by atoms with van der Waals surface area (Å²) in [5.41, 5.74) is 0.106. The van der Waals surface area contributed by atoms with Crippen LogP contribution in [0.1, 0.15) is 31.2 Å². The van der Waals surface area contributed by atoms with Gasteiger partial charge in [0.05, 0.1) is 18.7 Å². The molecule has 0 amide bonds. The average Bonchev–Trinajstić information content (AvgIpc) is 2.51. The lowest BCUT2D eigenvalue weighted by Crippen LogP contribution is -2.27. The van der Waals surface area contributed by atoms with E-state index in [1.807, 2.05) is 0 Å². The largest absolute Gasteiger partial charge is 0.469 e. The van der Waals surface area contributed by atoms with Gasteiger partial charge in [0.1, 0.15) is 11.6 Å². The first-order chi connectivity index (χ1) is 10.1. The third kappa shape index (κ3) is 3.37. The van der Waals surface area contributed by atoms with Crippen LogP contribution >= 0.6 is 0 Å². The number of hydrogen-bond acceptors (Lipinski definition) is 4. The fraction of sp³-hybridized carbons (Fsp3) is 0.467. The summed E-state index contributed by atoms with van der Waals surface area (Å²) < 4.78 is 31.8. The SMILES string of the molecule is COC(=O)[C@H]1CC[C@H](/C(=N\O)c2cc(F)ccc2F)CC1. The maximum Gasteiger partial charge on any atom is 0.308 e. The Morgan fingerprint density at radius 3 is 2.43 bits per heavy atom. The Balaban J connectivity index is 2.14. The smallest absolute Gasteiger partial charge is 0.308 e. The van der Waals surface area contributed by atoms with Gasteiger partial charge in [-0.1, -0.05) is 5.16 Å². The summed E-state index contributed by atoms with van der Waals surface area (Å²) in [6.07, 6.45) is 2.28. The minimum atomic E-state index is -0.626. The molecule has 1 fully saturated rings. The van der Waals surface area contributed by atoms with Gasteiger partial charge in [-0.05, 0) is 43.9 Å². The second-order valence-corrected chi connectivity index (χ2v) is 5.18. The van der Waals surface area contributed by atoms with Crippen LogP contribution in [0.4, 0.5) is 8.78 Å². The van der Waals surface area contributed by atoms with E-state index in [9.17, 15) is 18.8 Å². The van der Waals surface area contributed by atoms with Crippen molar-refractivity contribution in [2.24, 2.45) is 17.0 Å². The highest BCUT2D eigenvalue weighted by molar-refractivity contribution is 6.02. The van der Waals surface area contributed by atoms with E-state index in [4.69, 9.17) is 4.74 Å². The number of benzene rings is 1. The zero-order valence-corrected chi connectivity index (χ0v) is 11.7. The number of carbonyl (C=O) groups is 1. The molecule has 2 rings (SSSR count). The van der Waals surface area contributed by atoms with E-state index >= 15 is 0 Å². The summed E-state index contributed by atoms with van der Waals surface area (Å²) in [6.45, 7) is 0. The predicted octanol–water partition coefficient (Wildman–Crippen LogP) is 3.12. The first-order valence-corrected chi connectivity index (χ1v) is 6.82. The molecule has 6 heteroatoms. The van der Waals surface area contributed by atoms with E-state index in [0.29, 0.717) is 25.7 Å². The van der Waals surface area contributed by atoms with Crippen molar-refractivity contribution in [3.05, 3.63) is 35.4 Å². The molecule has 0 bridgehead atoms. The van der Waals surface area contributed by atoms with E-state index in [-0.39, 0.29) is 29.1 Å². The van der Waals surface area contributed by atoms with Gasteiger partial charge >= 0.3 is 5.97 Å². The molecule has 0 spiro atoms. The van der Waals surface area contributed by atoms with Gasteiger partial charge in [-0.25, -0.2) is 8.78 Å². The van der Waals surface area contributed by atoms with Gasteiger partial charge < -0.3 is 9.94 Å². The van der Waals surface area contributed by atoms with E-state index < -0.39 is 11.6 Å². The van der Waals surface area contributed by atoms with Crippen molar-refractivity contribution in [1.82, 2.24) is 0 Å². The van der Waals surface area contributed by atoms with Crippen molar-refractivity contribution in [2.45, 2.75) is 25.7 Å². The summed E-state index contributed by atoms with van der Waals surface area (Å²) >= 11 is 0. The van der Waals surface area contributed by atoms with Crippen LogP contribution in [0.15, 0.2) is 23.4 Å². The first kappa shape index (κ1) is 15.4. The lowest BCUT2D eigenvalue weighted by atomic mass is 9.78. The highest BCUT2D eigenvalue weighted by Crippen LogP contribution is 2.32. The zero-order valence-electron chi connectivity index (χ0n) is 11.7. The standard InChI is InChI=1S/C15H17F2NO3/c1-21-15(19)10-4-2-9(3-5-10)14(18-20)12-8-11(16)6-7-13(12)17/h6-10,20H,2-5H2,1H3/b18-14+/t9-,10-. The van der Waals surface area contributed by atoms with Crippen molar-refractivity contribution in [2.75, 3.05) is 7.11 Å². The first-order valence-electron chi connectivity index (χ1n) is 6.82. The van der Waals surface area contributed by atoms with Gasteiger partial charge in [0, 0.05) is 11.5 Å². The number of hydrogen-bond donors (Lipinski definition) is 1. The number of rotatable bonds is 3. The highest BCUT2D eigenvalue weighted by Gasteiger charge is 2.31. The maximum atomic E-state index is 13.8. The van der Waals surface area contributed by atoms with E-state index in [0.717, 1.165) is 18.2 Å². The van der Waals surface area contributed by atoms with Crippen LogP contribution in [-0.4, -0.2) is 24.0 Å². The zero-order chi connectivity index (χ0) is 15.4. The molecule has 0 aliphatic heterocycles. The topological polar surface area (TPSA) is 58.9 Å². The van der Waals surface area contributed by atoms with Crippen molar-refractivity contribution in [1.29, 1.82) is 0 Å². The summed E-state index contributed by atoms with van der Waals surface area (Å²) in [5.74, 6) is -1.85. The Kier molecular flexibility index (Phi) is 4.88. The molecular formula is C15H17F2NO3. The number of esters is 1. The number of carbonyl (C=O) groups excluding carboxylic acids is 1. The highest BCUT2D eigenvalue weighted by atomic mass is 19.1. The number of nitrogens with zero attached hydrogens (tertiary/aromatic N) is 1. The molecule has 1 aromatic carbocycles. The second-order valence-electron chi connectivity index (χ2n) is 5.18. The summed E-state index contributed by atoms with van der Waals surface area (Å²) in [5, 5.41) is 12.3. The van der Waals surface area contributed by atoms with Crippen molar-refractivity contribution >= 4 is 11.7 Å². The molecule has 21 heavy (non-hydrogen) atoms. The average molecular weight is 297 g/mol. The lowest BCUT2D eigenvalue weighted by molar-refractivity contribution is -0.146. The fourth-order valence-electron chi connectivity index (χ4n) is 2.82. The van der Waals surface area contributed by atoms with Crippen LogP contribution in [0.5, 0.6) is 0 Å². The molecule has 114 valence electrons. The summed E-state index contributed by atoms with van der Waals surface area (Å²) in [6, 6.07) is 3.05. The Hall–Kier alpha value is -1.98. The molecule has 1 aromatic rings. The Morgan fingerprint density at radius 2 is 1.86 bits per heavy atom. The molecule has 0 unspecified atom stereocenters. The molecule has 0 atom stereocenters. The Morgan fingerprint density at radius 1 is 1.24 bits per heavy atom. The minimum absolute atomic E-state index is 0.0287. The normalized spacial score (nSPS) is 22.9. The van der Waals surface area contributed by atoms with Crippen molar-refractivity contribution < 1.29 is 23.5 Å². The van der Waals surface area contributed by atoms with Gasteiger partial charge in [-0.3, -0.25) is 4.79 Å². The quantitative estimate of drug-likeness (QED) is 0.403. The van der Waals surface area contributed by atoms with Crippen LogP contribution in [-0.2, 0) is 9.53 Å². The Labute approximate surface area is 121 Å². The molecule has 1 saturated carbocycles. The molecule has 0 saturated heterocycles. The molecule has 1 aliphatic rings. The van der Waals surface area contributed by atoms with E-state index in [1.165, 1.54) is 7.11 Å². The predicted molar refractivity (Wildman–Crippen MR) is 72.1 cm³/mol. The summed E-state index contributed by atoms with van der Waals surface area (Å²) in [4.78, 5) is 11.5. The number of methoxy groups -OCH3 is 1. The number of oxime groups is 1. The van der Waals surface area contributed by atoms with Gasteiger partial charge in [0.15, 0.2) is 0 Å². The fourth-order valence-corrected chi connectivity index (χ4v) is 2.82. The molecule has 4 nitrogen and oxygen atoms in total. The van der Waals surface area contributed by atoms with Crippen molar-refractivity contribution in [3.63, 3.8) is 0 Å². The molecule has 1 aliphatic carbocycles. The number of halogens is 2.